The Morgan fingerprint density at radius 1 is 1.29 bits per heavy atom. The van der Waals surface area contributed by atoms with Crippen LogP contribution in [0, 0.1) is 6.92 Å². The fraction of sp³-hybridized carbons (Fsp3) is 0.154. The second-order valence-electron chi connectivity index (χ2n) is 3.76. The highest BCUT2D eigenvalue weighted by Gasteiger charge is 2.02. The van der Waals surface area contributed by atoms with Gasteiger partial charge in [0.2, 0.25) is 0 Å². The predicted molar refractivity (Wildman–Crippen MR) is 67.6 cm³/mol. The topological polar surface area (TPSA) is 60.2 Å². The van der Waals surface area contributed by atoms with Crippen molar-refractivity contribution >= 4 is 5.82 Å². The molecule has 17 heavy (non-hydrogen) atoms. The number of nitrogens with two attached hydrogens (primary N) is 1. The summed E-state index contributed by atoms with van der Waals surface area (Å²) in [6.45, 7) is 2.47. The Hall–Kier alpha value is -2.07. The van der Waals surface area contributed by atoms with Gasteiger partial charge in [0.25, 0.3) is 0 Å². The molecule has 4 heteroatoms. The number of rotatable bonds is 4. The molecule has 4 nitrogen and oxygen atoms in total. The summed E-state index contributed by atoms with van der Waals surface area (Å²) in [4.78, 5) is 4.11. The number of aryl methyl sites for hydroxylation is 1. The molecule has 0 amide bonds. The van der Waals surface area contributed by atoms with Crippen LogP contribution >= 0.6 is 0 Å². The molecule has 0 aliphatic heterocycles. The second-order valence-corrected chi connectivity index (χ2v) is 3.76. The Morgan fingerprint density at radius 3 is 2.94 bits per heavy atom. The standard InChI is InChI=1S/C13H15N3O/c1-10-4-2-6-12(8-10)17-9-11-5-3-7-15-13(11)16-14/h2-8H,9,14H2,1H3,(H,15,16). The van der Waals surface area contributed by atoms with Crippen LogP contribution in [0.3, 0.4) is 0 Å². The third-order valence-electron chi connectivity index (χ3n) is 2.41. The number of hydrazine groups is 1. The highest BCUT2D eigenvalue weighted by Crippen LogP contribution is 2.16. The Labute approximate surface area is 100 Å². The predicted octanol–water partition coefficient (Wildman–Crippen LogP) is 2.25. The second kappa shape index (κ2) is 5.32. The van der Waals surface area contributed by atoms with Crippen LogP contribution in [0.25, 0.3) is 0 Å². The van der Waals surface area contributed by atoms with Gasteiger partial charge in [-0.15, -0.1) is 0 Å². The average molecular weight is 229 g/mol. The molecular formula is C13H15N3O. The monoisotopic (exact) mass is 229 g/mol. The van der Waals surface area contributed by atoms with E-state index in [9.17, 15) is 0 Å². The molecule has 0 radical (unpaired) electrons. The lowest BCUT2D eigenvalue weighted by Gasteiger charge is -2.09. The maximum absolute atomic E-state index is 5.68. The fourth-order valence-electron chi connectivity index (χ4n) is 1.55. The Kier molecular flexibility index (Phi) is 3.57. The summed E-state index contributed by atoms with van der Waals surface area (Å²) in [5.41, 5.74) is 4.65. The van der Waals surface area contributed by atoms with Crippen molar-refractivity contribution in [3.8, 4) is 5.75 Å². The zero-order valence-corrected chi connectivity index (χ0v) is 9.68. The number of nitrogens with zero attached hydrogens (tertiary/aromatic N) is 1. The molecule has 0 aliphatic rings. The first kappa shape index (κ1) is 11.4. The Bertz CT molecular complexity index is 500. The molecule has 0 atom stereocenters. The van der Waals surface area contributed by atoms with E-state index >= 15 is 0 Å². The minimum absolute atomic E-state index is 0.441. The van der Waals surface area contributed by atoms with E-state index in [0.29, 0.717) is 12.4 Å². The molecule has 1 aromatic heterocycles. The zero-order valence-electron chi connectivity index (χ0n) is 9.68. The van der Waals surface area contributed by atoms with E-state index in [-0.39, 0.29) is 0 Å². The molecule has 0 aliphatic carbocycles. The van der Waals surface area contributed by atoms with Crippen molar-refractivity contribution in [2.75, 3.05) is 5.43 Å². The Balaban J connectivity index is 2.07. The maximum Gasteiger partial charge on any atom is 0.146 e. The van der Waals surface area contributed by atoms with E-state index in [2.05, 4.69) is 10.4 Å². The molecular weight excluding hydrogens is 214 g/mol. The molecule has 1 heterocycles. The van der Waals surface area contributed by atoms with Crippen LogP contribution in [-0.2, 0) is 6.61 Å². The van der Waals surface area contributed by atoms with Crippen molar-refractivity contribution in [1.29, 1.82) is 0 Å². The molecule has 1 aromatic carbocycles. The van der Waals surface area contributed by atoms with E-state index in [4.69, 9.17) is 10.6 Å². The van der Waals surface area contributed by atoms with E-state index in [1.165, 1.54) is 5.56 Å². The van der Waals surface area contributed by atoms with E-state index in [1.807, 2.05) is 43.3 Å². The van der Waals surface area contributed by atoms with Gasteiger partial charge in [-0.1, -0.05) is 18.2 Å². The number of benzene rings is 1. The number of ether oxygens (including phenoxy) is 1. The summed E-state index contributed by atoms with van der Waals surface area (Å²) in [5.74, 6) is 6.86. The third kappa shape index (κ3) is 2.95. The van der Waals surface area contributed by atoms with Crippen molar-refractivity contribution in [2.45, 2.75) is 13.5 Å². The minimum atomic E-state index is 0.441. The Morgan fingerprint density at radius 2 is 2.18 bits per heavy atom. The molecule has 3 N–H and O–H groups in total. The average Bonchev–Trinajstić information content (AvgIpc) is 2.37. The first-order chi connectivity index (χ1) is 8.29. The zero-order chi connectivity index (χ0) is 12.1. The van der Waals surface area contributed by atoms with Gasteiger partial charge in [-0.2, -0.15) is 0 Å². The summed E-state index contributed by atoms with van der Waals surface area (Å²) in [5, 5.41) is 0. The molecule has 0 bridgehead atoms. The smallest absolute Gasteiger partial charge is 0.146 e. The van der Waals surface area contributed by atoms with E-state index in [1.54, 1.807) is 6.20 Å². The highest BCUT2D eigenvalue weighted by molar-refractivity contribution is 5.42. The highest BCUT2D eigenvalue weighted by atomic mass is 16.5. The largest absolute Gasteiger partial charge is 0.489 e. The van der Waals surface area contributed by atoms with Gasteiger partial charge in [-0.25, -0.2) is 10.8 Å². The lowest BCUT2D eigenvalue weighted by Crippen LogP contribution is -2.12. The molecule has 0 fully saturated rings. The molecule has 0 saturated carbocycles. The SMILES string of the molecule is Cc1cccc(OCc2cccnc2NN)c1. The molecule has 0 spiro atoms. The summed E-state index contributed by atoms with van der Waals surface area (Å²) in [7, 11) is 0. The third-order valence-corrected chi connectivity index (χ3v) is 2.41. The van der Waals surface area contributed by atoms with Gasteiger partial charge in [-0.3, -0.25) is 0 Å². The number of aromatic nitrogens is 1. The van der Waals surface area contributed by atoms with Crippen LogP contribution in [0.1, 0.15) is 11.1 Å². The van der Waals surface area contributed by atoms with Gasteiger partial charge in [0, 0.05) is 11.8 Å². The summed E-state index contributed by atoms with van der Waals surface area (Å²) in [6, 6.07) is 11.7. The minimum Gasteiger partial charge on any atom is -0.489 e. The van der Waals surface area contributed by atoms with E-state index < -0.39 is 0 Å². The fourth-order valence-corrected chi connectivity index (χ4v) is 1.55. The molecule has 2 rings (SSSR count). The van der Waals surface area contributed by atoms with Crippen LogP contribution < -0.4 is 16.0 Å². The van der Waals surface area contributed by atoms with Crippen molar-refractivity contribution < 1.29 is 4.74 Å². The van der Waals surface area contributed by atoms with Crippen LogP contribution in [0.5, 0.6) is 5.75 Å². The van der Waals surface area contributed by atoms with Crippen LogP contribution in [-0.4, -0.2) is 4.98 Å². The van der Waals surface area contributed by atoms with Gasteiger partial charge >= 0.3 is 0 Å². The van der Waals surface area contributed by atoms with Gasteiger partial charge in [-0.05, 0) is 30.7 Å². The normalized spacial score (nSPS) is 10.0. The number of nitrogens with one attached hydrogen (secondary N) is 1. The summed E-state index contributed by atoms with van der Waals surface area (Å²) in [6.07, 6.45) is 1.69. The lowest BCUT2D eigenvalue weighted by atomic mass is 10.2. The van der Waals surface area contributed by atoms with Crippen molar-refractivity contribution in [1.82, 2.24) is 4.98 Å². The quantitative estimate of drug-likeness (QED) is 0.623. The first-order valence-corrected chi connectivity index (χ1v) is 5.39. The summed E-state index contributed by atoms with van der Waals surface area (Å²) < 4.78 is 5.68. The van der Waals surface area contributed by atoms with E-state index in [0.717, 1.165) is 11.3 Å². The van der Waals surface area contributed by atoms with Gasteiger partial charge in [0.15, 0.2) is 0 Å². The number of nitrogen functional groups attached to an aromatic ring is 1. The molecule has 0 saturated heterocycles. The molecule has 2 aromatic rings. The number of pyridine rings is 1. The van der Waals surface area contributed by atoms with Gasteiger partial charge in [0.05, 0.1) is 0 Å². The van der Waals surface area contributed by atoms with Crippen LogP contribution in [0.4, 0.5) is 5.82 Å². The van der Waals surface area contributed by atoms with Crippen LogP contribution in [0.2, 0.25) is 0 Å². The summed E-state index contributed by atoms with van der Waals surface area (Å²) >= 11 is 0. The first-order valence-electron chi connectivity index (χ1n) is 5.39. The van der Waals surface area contributed by atoms with Crippen molar-refractivity contribution in [3.05, 3.63) is 53.7 Å². The number of anilines is 1. The lowest BCUT2D eigenvalue weighted by molar-refractivity contribution is 0.306. The van der Waals surface area contributed by atoms with Crippen LogP contribution in [0.15, 0.2) is 42.6 Å². The molecule has 0 unspecified atom stereocenters. The number of hydrogen-bond acceptors (Lipinski definition) is 4. The maximum atomic E-state index is 5.68. The molecule has 88 valence electrons. The van der Waals surface area contributed by atoms with Crippen molar-refractivity contribution in [3.63, 3.8) is 0 Å². The number of hydrogen-bond donors (Lipinski definition) is 2. The van der Waals surface area contributed by atoms with Gasteiger partial charge < -0.3 is 10.2 Å². The van der Waals surface area contributed by atoms with Crippen molar-refractivity contribution in [2.24, 2.45) is 5.84 Å². The van der Waals surface area contributed by atoms with Gasteiger partial charge in [0.1, 0.15) is 18.2 Å².